The van der Waals surface area contributed by atoms with Crippen molar-refractivity contribution in [2.45, 2.75) is 13.5 Å². The number of carbonyl (C=O) groups excluding carboxylic acids is 1. The molecule has 1 amide bonds. The number of aromatic amines is 1. The van der Waals surface area contributed by atoms with Gasteiger partial charge in [0.05, 0.1) is 12.3 Å². The third-order valence-corrected chi connectivity index (χ3v) is 3.10. The highest BCUT2D eigenvalue weighted by molar-refractivity contribution is 6.08. The fourth-order valence-electron chi connectivity index (χ4n) is 2.11. The van der Waals surface area contributed by atoms with Gasteiger partial charge in [-0.25, -0.2) is 4.79 Å². The molecule has 110 valence electrons. The Balaban J connectivity index is 2.29. The average Bonchev–Trinajstić information content (AvgIpc) is 2.80. The summed E-state index contributed by atoms with van der Waals surface area (Å²) < 4.78 is 5.05. The molecule has 0 saturated heterocycles. The maximum absolute atomic E-state index is 12.3. The smallest absolute Gasteiger partial charge is 0.339 e. The molecule has 0 aliphatic heterocycles. The van der Waals surface area contributed by atoms with Gasteiger partial charge in [-0.1, -0.05) is 18.2 Å². The zero-order valence-electron chi connectivity index (χ0n) is 11.8. The number of ether oxygens (including phenoxy) is 1. The van der Waals surface area contributed by atoms with Crippen molar-refractivity contribution < 1.29 is 19.4 Å². The third kappa shape index (κ3) is 3.11. The Bertz CT molecular complexity index is 676. The molecule has 0 fully saturated rings. The maximum atomic E-state index is 12.3. The first-order chi connectivity index (χ1) is 10.0. The Kier molecular flexibility index (Phi) is 4.39. The second kappa shape index (κ2) is 6.23. The Morgan fingerprint density at radius 2 is 2.05 bits per heavy atom. The quantitative estimate of drug-likeness (QED) is 0.788. The number of methoxy groups -OCH3 is 1. The molecule has 3 N–H and O–H groups in total. The van der Waals surface area contributed by atoms with Gasteiger partial charge in [-0.2, -0.15) is 0 Å². The second-order valence-electron chi connectivity index (χ2n) is 4.55. The minimum atomic E-state index is -1.09. The summed E-state index contributed by atoms with van der Waals surface area (Å²) in [4.78, 5) is 26.3. The molecule has 2 rings (SSSR count). The van der Waals surface area contributed by atoms with Crippen molar-refractivity contribution in [3.8, 4) is 0 Å². The summed E-state index contributed by atoms with van der Waals surface area (Å²) in [6.45, 7) is 1.94. The van der Waals surface area contributed by atoms with Crippen molar-refractivity contribution in [3.63, 3.8) is 0 Å². The van der Waals surface area contributed by atoms with Crippen molar-refractivity contribution in [1.82, 2.24) is 4.98 Å². The van der Waals surface area contributed by atoms with Crippen LogP contribution in [0.5, 0.6) is 0 Å². The lowest BCUT2D eigenvalue weighted by Gasteiger charge is -2.09. The number of hydrogen-bond donors (Lipinski definition) is 3. The normalized spacial score (nSPS) is 10.4. The lowest BCUT2D eigenvalue weighted by atomic mass is 10.1. The van der Waals surface area contributed by atoms with Crippen molar-refractivity contribution in [1.29, 1.82) is 0 Å². The Morgan fingerprint density at radius 1 is 1.33 bits per heavy atom. The number of rotatable bonds is 5. The number of carboxylic acid groups (broad SMARTS) is 1. The van der Waals surface area contributed by atoms with Crippen molar-refractivity contribution >= 4 is 17.6 Å². The molecule has 0 atom stereocenters. The fourth-order valence-corrected chi connectivity index (χ4v) is 2.11. The summed E-state index contributed by atoms with van der Waals surface area (Å²) in [7, 11) is 1.55. The minimum Gasteiger partial charge on any atom is -0.478 e. The van der Waals surface area contributed by atoms with Gasteiger partial charge in [0.1, 0.15) is 5.56 Å². The van der Waals surface area contributed by atoms with E-state index < -0.39 is 5.97 Å². The Morgan fingerprint density at radius 3 is 2.71 bits per heavy atom. The molecule has 1 aromatic carbocycles. The number of aromatic nitrogens is 1. The highest BCUT2D eigenvalue weighted by atomic mass is 16.5. The van der Waals surface area contributed by atoms with Gasteiger partial charge in [0.15, 0.2) is 0 Å². The lowest BCUT2D eigenvalue weighted by molar-refractivity contribution is 0.0697. The standard InChI is InChI=1S/C15H16N2O4/c1-9-13(15(19)20)12(7-16-9)17-14(18)11-6-4-3-5-10(11)8-21-2/h3-7,16H,8H2,1-2H3,(H,17,18)(H,19,20). The number of carbonyl (C=O) groups is 2. The molecule has 0 unspecified atom stereocenters. The molecule has 6 nitrogen and oxygen atoms in total. The van der Waals surface area contributed by atoms with Gasteiger partial charge in [-0.15, -0.1) is 0 Å². The number of nitrogens with one attached hydrogen (secondary N) is 2. The largest absolute Gasteiger partial charge is 0.478 e. The number of carboxylic acids is 1. The van der Waals surface area contributed by atoms with Gasteiger partial charge >= 0.3 is 5.97 Å². The van der Waals surface area contributed by atoms with E-state index in [1.807, 2.05) is 6.07 Å². The van der Waals surface area contributed by atoms with E-state index in [0.717, 1.165) is 5.56 Å². The van der Waals surface area contributed by atoms with Gasteiger partial charge < -0.3 is 20.1 Å². The van der Waals surface area contributed by atoms with Crippen LogP contribution in [0.4, 0.5) is 5.69 Å². The Hall–Kier alpha value is -2.60. The average molecular weight is 288 g/mol. The lowest BCUT2D eigenvalue weighted by Crippen LogP contribution is -2.16. The molecule has 21 heavy (non-hydrogen) atoms. The van der Waals surface area contributed by atoms with Crippen LogP contribution in [0, 0.1) is 6.92 Å². The Labute approximate surface area is 121 Å². The van der Waals surface area contributed by atoms with Gasteiger partial charge in [-0.3, -0.25) is 4.79 Å². The van der Waals surface area contributed by atoms with Crippen LogP contribution in [0.1, 0.15) is 32.0 Å². The van der Waals surface area contributed by atoms with Crippen molar-refractivity contribution in [3.05, 3.63) is 52.8 Å². The molecule has 6 heteroatoms. The topological polar surface area (TPSA) is 91.4 Å². The molecular formula is C15H16N2O4. The van der Waals surface area contributed by atoms with E-state index in [0.29, 0.717) is 17.9 Å². The molecular weight excluding hydrogens is 272 g/mol. The molecule has 0 aliphatic carbocycles. The summed E-state index contributed by atoms with van der Waals surface area (Å²) in [6.07, 6.45) is 1.47. The van der Waals surface area contributed by atoms with Crippen LogP contribution >= 0.6 is 0 Å². The summed E-state index contributed by atoms with van der Waals surface area (Å²) >= 11 is 0. The molecule has 0 saturated carbocycles. The maximum Gasteiger partial charge on any atom is 0.339 e. The van der Waals surface area contributed by atoms with Crippen LogP contribution in [-0.4, -0.2) is 29.1 Å². The number of aryl methyl sites for hydroxylation is 1. The van der Waals surface area contributed by atoms with Gasteiger partial charge in [0, 0.05) is 24.6 Å². The van der Waals surface area contributed by atoms with E-state index in [1.165, 1.54) is 6.20 Å². The van der Waals surface area contributed by atoms with E-state index in [1.54, 1.807) is 32.2 Å². The van der Waals surface area contributed by atoms with Crippen molar-refractivity contribution in [2.75, 3.05) is 12.4 Å². The SMILES string of the molecule is COCc1ccccc1C(=O)Nc1c[nH]c(C)c1C(=O)O. The number of aromatic carboxylic acids is 1. The molecule has 1 aromatic heterocycles. The molecule has 0 spiro atoms. The first kappa shape index (κ1) is 14.8. The van der Waals surface area contributed by atoms with Crippen LogP contribution in [0.2, 0.25) is 0 Å². The van der Waals surface area contributed by atoms with E-state index >= 15 is 0 Å². The van der Waals surface area contributed by atoms with Gasteiger partial charge in [-0.05, 0) is 18.6 Å². The highest BCUT2D eigenvalue weighted by Crippen LogP contribution is 2.20. The molecule has 1 heterocycles. The fraction of sp³-hybridized carbons (Fsp3) is 0.200. The minimum absolute atomic E-state index is 0.0626. The van der Waals surface area contributed by atoms with Crippen LogP contribution in [0.25, 0.3) is 0 Å². The molecule has 0 bridgehead atoms. The van der Waals surface area contributed by atoms with E-state index in [2.05, 4.69) is 10.3 Å². The van der Waals surface area contributed by atoms with Gasteiger partial charge in [0.25, 0.3) is 5.91 Å². The van der Waals surface area contributed by atoms with Crippen LogP contribution in [0.15, 0.2) is 30.5 Å². The van der Waals surface area contributed by atoms with Gasteiger partial charge in [0.2, 0.25) is 0 Å². The van der Waals surface area contributed by atoms with Crippen molar-refractivity contribution in [2.24, 2.45) is 0 Å². The van der Waals surface area contributed by atoms with Crippen LogP contribution in [-0.2, 0) is 11.3 Å². The molecule has 0 aliphatic rings. The number of benzene rings is 1. The first-order valence-corrected chi connectivity index (χ1v) is 6.34. The van der Waals surface area contributed by atoms with E-state index in [4.69, 9.17) is 9.84 Å². The number of anilines is 1. The zero-order chi connectivity index (χ0) is 15.4. The number of amides is 1. The van der Waals surface area contributed by atoms with Crippen LogP contribution in [0.3, 0.4) is 0 Å². The predicted molar refractivity (Wildman–Crippen MR) is 77.6 cm³/mol. The number of hydrogen-bond acceptors (Lipinski definition) is 3. The first-order valence-electron chi connectivity index (χ1n) is 6.34. The third-order valence-electron chi connectivity index (χ3n) is 3.10. The zero-order valence-corrected chi connectivity index (χ0v) is 11.8. The molecule has 0 radical (unpaired) electrons. The second-order valence-corrected chi connectivity index (χ2v) is 4.55. The summed E-state index contributed by atoms with van der Waals surface area (Å²) in [5.41, 5.74) is 1.99. The highest BCUT2D eigenvalue weighted by Gasteiger charge is 2.18. The van der Waals surface area contributed by atoms with E-state index in [-0.39, 0.29) is 17.2 Å². The van der Waals surface area contributed by atoms with Crippen LogP contribution < -0.4 is 5.32 Å². The summed E-state index contributed by atoms with van der Waals surface area (Å²) in [5, 5.41) is 11.8. The summed E-state index contributed by atoms with van der Waals surface area (Å²) in [5.74, 6) is -1.46. The number of H-pyrrole nitrogens is 1. The molecule has 2 aromatic rings. The monoisotopic (exact) mass is 288 g/mol. The summed E-state index contributed by atoms with van der Waals surface area (Å²) in [6, 6.07) is 7.02. The van der Waals surface area contributed by atoms with E-state index in [9.17, 15) is 9.59 Å². The predicted octanol–water partition coefficient (Wildman–Crippen LogP) is 2.42.